The van der Waals surface area contributed by atoms with Gasteiger partial charge in [-0.05, 0) is 56.1 Å². The fourth-order valence-electron chi connectivity index (χ4n) is 4.78. The lowest BCUT2D eigenvalue weighted by molar-refractivity contribution is -0.138. The molecule has 1 aliphatic heterocycles. The van der Waals surface area contributed by atoms with E-state index < -0.39 is 11.7 Å². The Kier molecular flexibility index (Phi) is 5.40. The van der Waals surface area contributed by atoms with Gasteiger partial charge in [-0.1, -0.05) is 24.6 Å². The predicted octanol–water partition coefficient (Wildman–Crippen LogP) is 4.73. The summed E-state index contributed by atoms with van der Waals surface area (Å²) in [5.74, 6) is -0.260. The predicted molar refractivity (Wildman–Crippen MR) is 104 cm³/mol. The minimum Gasteiger partial charge on any atom is -0.337 e. The molecule has 0 N–H and O–H groups in total. The fourth-order valence-corrected chi connectivity index (χ4v) is 4.78. The van der Waals surface area contributed by atoms with Gasteiger partial charge >= 0.3 is 6.18 Å². The molecule has 1 aromatic heterocycles. The van der Waals surface area contributed by atoms with Gasteiger partial charge in [0, 0.05) is 31.4 Å². The highest BCUT2D eigenvalue weighted by atomic mass is 19.4. The lowest BCUT2D eigenvalue weighted by Crippen LogP contribution is -2.38. The third-order valence-corrected chi connectivity index (χ3v) is 6.31. The van der Waals surface area contributed by atoms with Crippen LogP contribution in [0.15, 0.2) is 24.3 Å². The molecule has 0 saturated carbocycles. The van der Waals surface area contributed by atoms with Gasteiger partial charge in [0.25, 0.3) is 5.91 Å². The Morgan fingerprint density at radius 3 is 2.48 bits per heavy atom. The Hall–Kier alpha value is -2.31. The van der Waals surface area contributed by atoms with Gasteiger partial charge in [-0.25, -0.2) is 0 Å². The largest absolute Gasteiger partial charge is 0.416 e. The van der Waals surface area contributed by atoms with Crippen LogP contribution in [-0.2, 0) is 26.1 Å². The van der Waals surface area contributed by atoms with E-state index in [1.54, 1.807) is 17.0 Å². The van der Waals surface area contributed by atoms with E-state index in [0.29, 0.717) is 37.2 Å². The van der Waals surface area contributed by atoms with Crippen LogP contribution in [0.25, 0.3) is 0 Å². The highest BCUT2D eigenvalue weighted by Crippen LogP contribution is 2.39. The van der Waals surface area contributed by atoms with E-state index in [1.165, 1.54) is 6.07 Å². The molecule has 7 heteroatoms. The number of hydrogen-bond acceptors (Lipinski definition) is 2. The lowest BCUT2D eigenvalue weighted by atomic mass is 9.86. The van der Waals surface area contributed by atoms with E-state index in [4.69, 9.17) is 0 Å². The summed E-state index contributed by atoms with van der Waals surface area (Å²) in [6, 6.07) is 5.81. The fraction of sp³-hybridized carbons (Fsp3) is 0.545. The molecule has 0 radical (unpaired) electrons. The molecule has 0 atom stereocenters. The zero-order valence-corrected chi connectivity index (χ0v) is 16.6. The summed E-state index contributed by atoms with van der Waals surface area (Å²) in [4.78, 5) is 14.9. The Balaban J connectivity index is 1.49. The first-order chi connectivity index (χ1) is 13.9. The molecule has 0 spiro atoms. The van der Waals surface area contributed by atoms with Crippen LogP contribution >= 0.6 is 0 Å². The van der Waals surface area contributed by atoms with Gasteiger partial charge in [0.1, 0.15) is 0 Å². The van der Waals surface area contributed by atoms with Crippen molar-refractivity contribution in [3.63, 3.8) is 0 Å². The van der Waals surface area contributed by atoms with Crippen LogP contribution < -0.4 is 0 Å². The summed E-state index contributed by atoms with van der Waals surface area (Å²) in [6.45, 7) is 0.919. The highest BCUT2D eigenvalue weighted by Gasteiger charge is 2.36. The van der Waals surface area contributed by atoms with E-state index >= 15 is 0 Å². The molecule has 1 aliphatic carbocycles. The van der Waals surface area contributed by atoms with Crippen LogP contribution in [0.1, 0.15) is 70.9 Å². The summed E-state index contributed by atoms with van der Waals surface area (Å²) in [5, 5.41) is 4.51. The van der Waals surface area contributed by atoms with E-state index in [-0.39, 0.29) is 11.8 Å². The van der Waals surface area contributed by atoms with Gasteiger partial charge in [-0.15, -0.1) is 0 Å². The first-order valence-electron chi connectivity index (χ1n) is 10.4. The summed E-state index contributed by atoms with van der Waals surface area (Å²) in [5.41, 5.74) is 2.55. The average Bonchev–Trinajstić information content (AvgIpc) is 2.88. The Morgan fingerprint density at radius 1 is 1.07 bits per heavy atom. The SMILES string of the molecule is Cn1nc(C(=O)N2CCC(c3ccccc3C(F)(F)F)CC2)c2c1CCCCC2. The van der Waals surface area contributed by atoms with Crippen molar-refractivity contribution in [2.24, 2.45) is 7.05 Å². The van der Waals surface area contributed by atoms with Crippen LogP contribution in [0.5, 0.6) is 0 Å². The molecule has 29 heavy (non-hydrogen) atoms. The van der Waals surface area contributed by atoms with Gasteiger partial charge in [0.2, 0.25) is 0 Å². The Morgan fingerprint density at radius 2 is 1.76 bits per heavy atom. The van der Waals surface area contributed by atoms with Crippen molar-refractivity contribution in [3.8, 4) is 0 Å². The maximum atomic E-state index is 13.4. The number of piperidine rings is 1. The molecular weight excluding hydrogens is 379 g/mol. The molecule has 0 unspecified atom stereocenters. The Labute approximate surface area is 168 Å². The highest BCUT2D eigenvalue weighted by molar-refractivity contribution is 5.94. The molecule has 2 aliphatic rings. The monoisotopic (exact) mass is 405 g/mol. The number of hydrogen-bond donors (Lipinski definition) is 0. The number of carbonyl (C=O) groups excluding carboxylic acids is 1. The quantitative estimate of drug-likeness (QED) is 0.678. The number of rotatable bonds is 2. The molecule has 1 aromatic carbocycles. The van der Waals surface area contributed by atoms with Gasteiger partial charge in [0.15, 0.2) is 5.69 Å². The lowest BCUT2D eigenvalue weighted by Gasteiger charge is -2.33. The number of amides is 1. The second-order valence-electron chi connectivity index (χ2n) is 8.11. The second-order valence-corrected chi connectivity index (χ2v) is 8.11. The van der Waals surface area contributed by atoms with Crippen molar-refractivity contribution in [1.29, 1.82) is 0 Å². The number of nitrogens with zero attached hydrogens (tertiary/aromatic N) is 3. The summed E-state index contributed by atoms with van der Waals surface area (Å²) >= 11 is 0. The van der Waals surface area contributed by atoms with Crippen molar-refractivity contribution in [3.05, 3.63) is 52.3 Å². The maximum Gasteiger partial charge on any atom is 0.416 e. The number of carbonyl (C=O) groups is 1. The molecule has 156 valence electrons. The van der Waals surface area contributed by atoms with E-state index in [2.05, 4.69) is 5.10 Å². The molecule has 2 aromatic rings. The van der Waals surface area contributed by atoms with Crippen molar-refractivity contribution in [2.45, 2.75) is 57.0 Å². The third-order valence-electron chi connectivity index (χ3n) is 6.31. The van der Waals surface area contributed by atoms with Crippen LogP contribution in [-0.4, -0.2) is 33.7 Å². The minimum atomic E-state index is -4.35. The summed E-state index contributed by atoms with van der Waals surface area (Å²) < 4.78 is 41.9. The molecule has 2 heterocycles. The van der Waals surface area contributed by atoms with E-state index in [9.17, 15) is 18.0 Å². The third kappa shape index (κ3) is 3.91. The van der Waals surface area contributed by atoms with Gasteiger partial charge in [-0.2, -0.15) is 18.3 Å². The maximum absolute atomic E-state index is 13.4. The van der Waals surface area contributed by atoms with Crippen LogP contribution in [0, 0.1) is 0 Å². The van der Waals surface area contributed by atoms with Gasteiger partial charge in [-0.3, -0.25) is 9.48 Å². The van der Waals surface area contributed by atoms with Crippen molar-refractivity contribution in [1.82, 2.24) is 14.7 Å². The van der Waals surface area contributed by atoms with Crippen LogP contribution in [0.2, 0.25) is 0 Å². The van der Waals surface area contributed by atoms with Gasteiger partial charge in [0.05, 0.1) is 5.56 Å². The standard InChI is InChI=1S/C22H26F3N3O/c1-27-19-10-4-2-3-8-17(19)20(26-27)21(29)28-13-11-15(12-14-28)16-7-5-6-9-18(16)22(23,24)25/h5-7,9,15H,2-4,8,10-14H2,1H3. The topological polar surface area (TPSA) is 38.1 Å². The Bertz CT molecular complexity index is 895. The van der Waals surface area contributed by atoms with Crippen LogP contribution in [0.4, 0.5) is 13.2 Å². The first kappa shape index (κ1) is 20.0. The molecule has 1 amide bonds. The molecule has 0 bridgehead atoms. The molecule has 4 rings (SSSR count). The molecular formula is C22H26F3N3O. The number of halogens is 3. The van der Waals surface area contributed by atoms with Crippen LogP contribution in [0.3, 0.4) is 0 Å². The first-order valence-corrected chi connectivity index (χ1v) is 10.4. The number of alkyl halides is 3. The van der Waals surface area contributed by atoms with E-state index in [0.717, 1.165) is 49.4 Å². The number of likely N-dealkylation sites (tertiary alicyclic amines) is 1. The normalized spacial score (nSPS) is 18.4. The van der Waals surface area contributed by atoms with E-state index in [1.807, 2.05) is 11.7 Å². The number of aromatic nitrogens is 2. The van der Waals surface area contributed by atoms with Crippen molar-refractivity contribution < 1.29 is 18.0 Å². The average molecular weight is 405 g/mol. The molecule has 1 fully saturated rings. The smallest absolute Gasteiger partial charge is 0.337 e. The number of aryl methyl sites for hydroxylation is 1. The van der Waals surface area contributed by atoms with Crippen molar-refractivity contribution >= 4 is 5.91 Å². The molecule has 4 nitrogen and oxygen atoms in total. The zero-order valence-electron chi connectivity index (χ0n) is 16.6. The van der Waals surface area contributed by atoms with Gasteiger partial charge < -0.3 is 4.90 Å². The second kappa shape index (κ2) is 7.84. The number of fused-ring (bicyclic) bond motifs is 1. The molecule has 1 saturated heterocycles. The minimum absolute atomic E-state index is 0.0775. The van der Waals surface area contributed by atoms with Crippen molar-refractivity contribution in [2.75, 3.05) is 13.1 Å². The zero-order chi connectivity index (χ0) is 20.6. The summed E-state index contributed by atoms with van der Waals surface area (Å²) in [7, 11) is 1.89. The number of benzene rings is 1. The summed E-state index contributed by atoms with van der Waals surface area (Å²) in [6.07, 6.45) is 1.88.